The summed E-state index contributed by atoms with van der Waals surface area (Å²) in [6, 6.07) is 4.68. The monoisotopic (exact) mass is 304 g/mol. The zero-order chi connectivity index (χ0) is 15.0. The van der Waals surface area contributed by atoms with Gasteiger partial charge in [0.1, 0.15) is 17.0 Å². The Morgan fingerprint density at radius 3 is 2.86 bits per heavy atom. The summed E-state index contributed by atoms with van der Waals surface area (Å²) in [7, 11) is 1.43. The maximum atomic E-state index is 11.0. The fraction of sp³-hybridized carbons (Fsp3) is 0.0714. The van der Waals surface area contributed by atoms with Crippen molar-refractivity contribution in [3.63, 3.8) is 0 Å². The molecule has 0 aromatic carbocycles. The molecule has 0 aliphatic rings. The highest BCUT2D eigenvalue weighted by Gasteiger charge is 2.17. The van der Waals surface area contributed by atoms with E-state index in [0.717, 1.165) is 0 Å². The van der Waals surface area contributed by atoms with Crippen LogP contribution in [0.25, 0.3) is 22.6 Å². The average molecular weight is 305 g/mol. The number of carboxylic acids is 1. The fourth-order valence-corrected chi connectivity index (χ4v) is 2.12. The topological polar surface area (TPSA) is 85.5 Å². The van der Waals surface area contributed by atoms with E-state index < -0.39 is 5.97 Å². The second-order valence-corrected chi connectivity index (χ2v) is 4.61. The zero-order valence-corrected chi connectivity index (χ0v) is 11.6. The molecule has 7 heteroatoms. The van der Waals surface area contributed by atoms with Gasteiger partial charge < -0.3 is 14.3 Å². The van der Waals surface area contributed by atoms with E-state index in [9.17, 15) is 4.79 Å². The maximum absolute atomic E-state index is 11.0. The van der Waals surface area contributed by atoms with Crippen LogP contribution in [0.2, 0.25) is 5.02 Å². The number of ether oxygens (including phenoxy) is 1. The number of hydrogen-bond acceptors (Lipinski definition) is 5. The van der Waals surface area contributed by atoms with Crippen molar-refractivity contribution in [2.45, 2.75) is 0 Å². The Morgan fingerprint density at radius 2 is 2.19 bits per heavy atom. The van der Waals surface area contributed by atoms with Crippen LogP contribution in [0.4, 0.5) is 0 Å². The van der Waals surface area contributed by atoms with Crippen molar-refractivity contribution < 1.29 is 19.1 Å². The van der Waals surface area contributed by atoms with Gasteiger partial charge in [-0.2, -0.15) is 0 Å². The van der Waals surface area contributed by atoms with Gasteiger partial charge in [0.15, 0.2) is 11.3 Å². The number of rotatable bonds is 3. The molecule has 0 aliphatic heterocycles. The highest BCUT2D eigenvalue weighted by Crippen LogP contribution is 2.34. The molecular weight excluding hydrogens is 296 g/mol. The van der Waals surface area contributed by atoms with Crippen molar-refractivity contribution in [2.75, 3.05) is 7.11 Å². The van der Waals surface area contributed by atoms with Crippen LogP contribution in [0.15, 0.2) is 35.0 Å². The molecule has 3 aromatic rings. The van der Waals surface area contributed by atoms with Crippen LogP contribution < -0.4 is 4.74 Å². The summed E-state index contributed by atoms with van der Waals surface area (Å²) in [6.07, 6.45) is 2.81. The minimum Gasteiger partial charge on any atom is -0.494 e. The third-order valence-electron chi connectivity index (χ3n) is 2.92. The highest BCUT2D eigenvalue weighted by molar-refractivity contribution is 6.34. The maximum Gasteiger partial charge on any atom is 0.337 e. The van der Waals surface area contributed by atoms with Gasteiger partial charge in [0, 0.05) is 18.5 Å². The van der Waals surface area contributed by atoms with Crippen molar-refractivity contribution in [1.82, 2.24) is 9.97 Å². The molecule has 0 saturated heterocycles. The van der Waals surface area contributed by atoms with E-state index in [4.69, 9.17) is 25.9 Å². The summed E-state index contributed by atoms with van der Waals surface area (Å²) in [5.41, 5.74) is 1.45. The van der Waals surface area contributed by atoms with Crippen LogP contribution in [0.3, 0.4) is 0 Å². The van der Waals surface area contributed by atoms with Crippen LogP contribution in [0.5, 0.6) is 5.75 Å². The standard InChI is InChI=1S/C14H9ClN2O4/c1-20-10-4-7(14(18)19)6-17-12(10)11-5-9-13(21-11)8(15)2-3-16-9/h2-6H,1H3,(H,18,19). The number of halogens is 1. The average Bonchev–Trinajstić information content (AvgIpc) is 2.91. The second kappa shape index (κ2) is 5.06. The Morgan fingerprint density at radius 1 is 1.38 bits per heavy atom. The lowest BCUT2D eigenvalue weighted by atomic mass is 10.2. The van der Waals surface area contributed by atoms with Crippen LogP contribution in [0.1, 0.15) is 10.4 Å². The largest absolute Gasteiger partial charge is 0.494 e. The van der Waals surface area contributed by atoms with E-state index in [2.05, 4.69) is 9.97 Å². The van der Waals surface area contributed by atoms with Crippen molar-refractivity contribution in [3.8, 4) is 17.2 Å². The third-order valence-corrected chi connectivity index (χ3v) is 3.21. The molecule has 106 valence electrons. The van der Waals surface area contributed by atoms with Crippen molar-refractivity contribution in [2.24, 2.45) is 0 Å². The molecule has 0 atom stereocenters. The molecular formula is C14H9ClN2O4. The van der Waals surface area contributed by atoms with Crippen molar-refractivity contribution >= 4 is 28.7 Å². The molecule has 3 heterocycles. The number of nitrogens with zero attached hydrogens (tertiary/aromatic N) is 2. The number of furan rings is 1. The molecule has 3 aromatic heterocycles. The molecule has 0 aliphatic carbocycles. The Labute approximate surface area is 124 Å². The molecule has 6 nitrogen and oxygen atoms in total. The van der Waals surface area contributed by atoms with E-state index in [1.807, 2.05) is 0 Å². The number of aromatic nitrogens is 2. The molecule has 1 N–H and O–H groups in total. The lowest BCUT2D eigenvalue weighted by Gasteiger charge is -2.05. The van der Waals surface area contributed by atoms with Crippen molar-refractivity contribution in [3.05, 3.63) is 41.2 Å². The first-order valence-electron chi connectivity index (χ1n) is 5.92. The Kier molecular flexibility index (Phi) is 3.23. The van der Waals surface area contributed by atoms with Crippen LogP contribution >= 0.6 is 11.6 Å². The molecule has 21 heavy (non-hydrogen) atoms. The highest BCUT2D eigenvalue weighted by atomic mass is 35.5. The first kappa shape index (κ1) is 13.4. The van der Waals surface area contributed by atoms with E-state index in [1.165, 1.54) is 19.4 Å². The smallest absolute Gasteiger partial charge is 0.337 e. The summed E-state index contributed by atoms with van der Waals surface area (Å²) in [5.74, 6) is -0.383. The number of hydrogen-bond donors (Lipinski definition) is 1. The zero-order valence-electron chi connectivity index (χ0n) is 10.8. The third kappa shape index (κ3) is 2.30. The van der Waals surface area contributed by atoms with Gasteiger partial charge in [-0.25, -0.2) is 9.78 Å². The van der Waals surface area contributed by atoms with Crippen LogP contribution in [0, 0.1) is 0 Å². The number of carbonyl (C=O) groups is 1. The van der Waals surface area contributed by atoms with Gasteiger partial charge in [-0.1, -0.05) is 11.6 Å². The molecule has 0 bridgehead atoms. The summed E-state index contributed by atoms with van der Waals surface area (Å²) >= 11 is 6.04. The molecule has 3 rings (SSSR count). The van der Waals surface area contributed by atoms with Gasteiger partial charge in [-0.15, -0.1) is 0 Å². The Hall–Kier alpha value is -2.60. The van der Waals surface area contributed by atoms with E-state index in [-0.39, 0.29) is 5.56 Å². The molecule has 0 amide bonds. The van der Waals surface area contributed by atoms with Gasteiger partial charge in [-0.05, 0) is 12.1 Å². The van der Waals surface area contributed by atoms with Gasteiger partial charge >= 0.3 is 5.97 Å². The molecule has 0 fully saturated rings. The SMILES string of the molecule is COc1cc(C(=O)O)cnc1-c1cc2nccc(Cl)c2o1. The van der Waals surface area contributed by atoms with Gasteiger partial charge in [0.05, 0.1) is 17.7 Å². The number of carboxylic acid groups (broad SMARTS) is 1. The first-order valence-corrected chi connectivity index (χ1v) is 6.29. The van der Waals surface area contributed by atoms with Crippen LogP contribution in [-0.4, -0.2) is 28.2 Å². The van der Waals surface area contributed by atoms with Crippen LogP contribution in [-0.2, 0) is 0 Å². The summed E-state index contributed by atoms with van der Waals surface area (Å²) in [6.45, 7) is 0. The summed E-state index contributed by atoms with van der Waals surface area (Å²) in [4.78, 5) is 19.2. The number of methoxy groups -OCH3 is 1. The van der Waals surface area contributed by atoms with Gasteiger partial charge in [-0.3, -0.25) is 4.98 Å². The van der Waals surface area contributed by atoms with Gasteiger partial charge in [0.2, 0.25) is 0 Å². The van der Waals surface area contributed by atoms with Gasteiger partial charge in [0.25, 0.3) is 0 Å². The Balaban J connectivity index is 2.18. The molecule has 0 unspecified atom stereocenters. The number of aromatic carboxylic acids is 1. The molecule has 0 spiro atoms. The van der Waals surface area contributed by atoms with Crippen molar-refractivity contribution in [1.29, 1.82) is 0 Å². The number of fused-ring (bicyclic) bond motifs is 1. The summed E-state index contributed by atoms with van der Waals surface area (Å²) < 4.78 is 10.8. The normalized spacial score (nSPS) is 10.8. The lowest BCUT2D eigenvalue weighted by molar-refractivity contribution is 0.0696. The second-order valence-electron chi connectivity index (χ2n) is 4.20. The predicted molar refractivity (Wildman–Crippen MR) is 75.8 cm³/mol. The Bertz CT molecular complexity index is 844. The van der Waals surface area contributed by atoms with E-state index >= 15 is 0 Å². The molecule has 0 radical (unpaired) electrons. The fourth-order valence-electron chi connectivity index (χ4n) is 1.93. The number of pyridine rings is 2. The first-order chi connectivity index (χ1) is 10.1. The minimum atomic E-state index is -1.08. The quantitative estimate of drug-likeness (QED) is 0.799. The van der Waals surface area contributed by atoms with E-state index in [0.29, 0.717) is 33.3 Å². The van der Waals surface area contributed by atoms with E-state index in [1.54, 1.807) is 18.3 Å². The predicted octanol–water partition coefficient (Wildman–Crippen LogP) is 3.25. The molecule has 0 saturated carbocycles. The lowest BCUT2D eigenvalue weighted by Crippen LogP contribution is -1.99. The minimum absolute atomic E-state index is 0.0304. The summed E-state index contributed by atoms with van der Waals surface area (Å²) in [5, 5.41) is 9.41.